The van der Waals surface area contributed by atoms with Crippen LogP contribution in [0.2, 0.25) is 0 Å². The van der Waals surface area contributed by atoms with Crippen molar-refractivity contribution < 1.29 is 0 Å². The molecule has 0 aliphatic carbocycles. The maximum Gasteiger partial charge on any atom is 0.123 e. The van der Waals surface area contributed by atoms with Crippen molar-refractivity contribution in [3.8, 4) is 22.4 Å². The summed E-state index contributed by atoms with van der Waals surface area (Å²) in [7, 11) is 0. The molecule has 4 heteroatoms. The third-order valence-electron chi connectivity index (χ3n) is 4.62. The monoisotopic (exact) mass is 340 g/mol. The van der Waals surface area contributed by atoms with Gasteiger partial charge in [-0.1, -0.05) is 31.2 Å². The highest BCUT2D eigenvalue weighted by atomic mass is 14.8. The maximum atomic E-state index is 5.88. The zero-order valence-corrected chi connectivity index (χ0v) is 14.9. The largest absolute Gasteiger partial charge is 0.384 e. The van der Waals surface area contributed by atoms with Crippen LogP contribution in [0.5, 0.6) is 0 Å². The van der Waals surface area contributed by atoms with Gasteiger partial charge in [0.1, 0.15) is 5.82 Å². The molecule has 0 saturated heterocycles. The van der Waals surface area contributed by atoms with Gasteiger partial charge in [-0.3, -0.25) is 4.98 Å². The second-order valence-electron chi connectivity index (χ2n) is 6.29. The second kappa shape index (κ2) is 6.56. The Kier molecular flexibility index (Phi) is 4.09. The predicted octanol–water partition coefficient (Wildman–Crippen LogP) is 4.81. The highest BCUT2D eigenvalue weighted by Gasteiger charge is 2.12. The van der Waals surface area contributed by atoms with Gasteiger partial charge < -0.3 is 5.73 Å². The first kappa shape index (κ1) is 16.2. The molecule has 26 heavy (non-hydrogen) atoms. The van der Waals surface area contributed by atoms with Crippen LogP contribution >= 0.6 is 0 Å². The lowest BCUT2D eigenvalue weighted by molar-refractivity contribution is 1.05. The summed E-state index contributed by atoms with van der Waals surface area (Å²) in [6.45, 7) is 4.10. The van der Waals surface area contributed by atoms with Crippen molar-refractivity contribution in [2.45, 2.75) is 20.3 Å². The summed E-state index contributed by atoms with van der Waals surface area (Å²) in [5.74, 6) is 0.547. The molecule has 4 aromatic rings. The Hall–Kier alpha value is -3.27. The van der Waals surface area contributed by atoms with E-state index in [1.807, 2.05) is 25.1 Å². The van der Waals surface area contributed by atoms with E-state index in [1.54, 1.807) is 6.20 Å². The number of anilines is 1. The molecule has 0 saturated carbocycles. The minimum absolute atomic E-state index is 0.547. The molecule has 4 nitrogen and oxygen atoms in total. The summed E-state index contributed by atoms with van der Waals surface area (Å²) in [6, 6.07) is 18.3. The Morgan fingerprint density at radius 3 is 2.50 bits per heavy atom. The smallest absolute Gasteiger partial charge is 0.123 e. The average molecular weight is 340 g/mol. The number of nitrogen functional groups attached to an aromatic ring is 1. The summed E-state index contributed by atoms with van der Waals surface area (Å²) >= 11 is 0. The van der Waals surface area contributed by atoms with Gasteiger partial charge in [-0.2, -0.15) is 0 Å². The van der Waals surface area contributed by atoms with Gasteiger partial charge in [0.05, 0.1) is 16.9 Å². The summed E-state index contributed by atoms with van der Waals surface area (Å²) in [6.07, 6.45) is 2.62. The maximum absolute atomic E-state index is 5.88. The van der Waals surface area contributed by atoms with Crippen LogP contribution in [-0.4, -0.2) is 15.0 Å². The van der Waals surface area contributed by atoms with Crippen LogP contribution in [0, 0.1) is 6.92 Å². The van der Waals surface area contributed by atoms with E-state index in [-0.39, 0.29) is 0 Å². The number of benzene rings is 1. The number of nitrogens with zero attached hydrogens (tertiary/aromatic N) is 3. The molecule has 0 radical (unpaired) electrons. The molecule has 0 atom stereocenters. The number of hydrogen-bond acceptors (Lipinski definition) is 4. The van der Waals surface area contributed by atoms with Gasteiger partial charge >= 0.3 is 0 Å². The molecule has 128 valence electrons. The van der Waals surface area contributed by atoms with Gasteiger partial charge in [-0.25, -0.2) is 9.97 Å². The molecular formula is C22H20N4. The average Bonchev–Trinajstić information content (AvgIpc) is 2.67. The van der Waals surface area contributed by atoms with Crippen molar-refractivity contribution in [1.29, 1.82) is 0 Å². The van der Waals surface area contributed by atoms with E-state index < -0.39 is 0 Å². The van der Waals surface area contributed by atoms with Crippen LogP contribution in [0.15, 0.2) is 60.8 Å². The topological polar surface area (TPSA) is 64.7 Å². The first-order chi connectivity index (χ1) is 12.7. The zero-order chi connectivity index (χ0) is 18.1. The zero-order valence-electron chi connectivity index (χ0n) is 14.9. The normalized spacial score (nSPS) is 11.0. The predicted molar refractivity (Wildman–Crippen MR) is 107 cm³/mol. The Balaban J connectivity index is 1.97. The van der Waals surface area contributed by atoms with Crippen molar-refractivity contribution in [3.05, 3.63) is 72.2 Å². The van der Waals surface area contributed by atoms with Gasteiger partial charge in [-0.05, 0) is 43.7 Å². The lowest BCUT2D eigenvalue weighted by atomic mass is 9.98. The minimum atomic E-state index is 0.547. The lowest BCUT2D eigenvalue weighted by Gasteiger charge is -2.12. The van der Waals surface area contributed by atoms with Crippen molar-refractivity contribution in [3.63, 3.8) is 0 Å². The Morgan fingerprint density at radius 1 is 0.846 bits per heavy atom. The molecule has 0 spiro atoms. The quantitative estimate of drug-likeness (QED) is 0.581. The molecule has 0 aliphatic heterocycles. The molecular weight excluding hydrogens is 320 g/mol. The molecule has 0 unspecified atom stereocenters. The van der Waals surface area contributed by atoms with Crippen molar-refractivity contribution >= 4 is 16.7 Å². The minimum Gasteiger partial charge on any atom is -0.384 e. The molecule has 1 aromatic carbocycles. The van der Waals surface area contributed by atoms with Gasteiger partial charge in [-0.15, -0.1) is 0 Å². The molecule has 3 heterocycles. The van der Waals surface area contributed by atoms with Crippen LogP contribution in [0.1, 0.15) is 18.3 Å². The van der Waals surface area contributed by atoms with Crippen LogP contribution in [0.3, 0.4) is 0 Å². The number of para-hydroxylation sites is 1. The summed E-state index contributed by atoms with van der Waals surface area (Å²) in [4.78, 5) is 13.9. The molecule has 4 rings (SSSR count). The number of pyridine rings is 3. The van der Waals surface area contributed by atoms with Crippen molar-refractivity contribution in [1.82, 2.24) is 15.0 Å². The SMILES string of the molecule is CCc1nc(N)ccc1-c1cccc2ccc(-c3cccnc3C)nc12. The van der Waals surface area contributed by atoms with Crippen LogP contribution in [-0.2, 0) is 6.42 Å². The number of aryl methyl sites for hydroxylation is 2. The van der Waals surface area contributed by atoms with Gasteiger partial charge in [0.15, 0.2) is 0 Å². The number of fused-ring (bicyclic) bond motifs is 1. The van der Waals surface area contributed by atoms with Crippen LogP contribution < -0.4 is 5.73 Å². The molecule has 0 fully saturated rings. The summed E-state index contributed by atoms with van der Waals surface area (Å²) in [5, 5.41) is 1.10. The Morgan fingerprint density at radius 2 is 1.69 bits per heavy atom. The summed E-state index contributed by atoms with van der Waals surface area (Å²) in [5.41, 5.74) is 12.9. The first-order valence-corrected chi connectivity index (χ1v) is 8.75. The highest BCUT2D eigenvalue weighted by molar-refractivity contribution is 5.95. The fourth-order valence-corrected chi connectivity index (χ4v) is 3.30. The highest BCUT2D eigenvalue weighted by Crippen LogP contribution is 2.32. The molecule has 0 amide bonds. The number of aromatic nitrogens is 3. The Labute approximate surface area is 152 Å². The van der Waals surface area contributed by atoms with E-state index in [2.05, 4.69) is 53.3 Å². The van der Waals surface area contributed by atoms with E-state index in [1.165, 1.54) is 0 Å². The number of nitrogens with two attached hydrogens (primary N) is 1. The third kappa shape index (κ3) is 2.80. The molecule has 0 aliphatic rings. The van der Waals surface area contributed by atoms with Crippen LogP contribution in [0.4, 0.5) is 5.82 Å². The number of hydrogen-bond donors (Lipinski definition) is 1. The van der Waals surface area contributed by atoms with Gasteiger partial charge in [0, 0.05) is 34.0 Å². The van der Waals surface area contributed by atoms with E-state index in [0.717, 1.165) is 51.1 Å². The van der Waals surface area contributed by atoms with Gasteiger partial charge in [0.2, 0.25) is 0 Å². The first-order valence-electron chi connectivity index (χ1n) is 8.75. The van der Waals surface area contributed by atoms with Gasteiger partial charge in [0.25, 0.3) is 0 Å². The fourth-order valence-electron chi connectivity index (χ4n) is 3.30. The van der Waals surface area contributed by atoms with E-state index in [9.17, 15) is 0 Å². The standard InChI is InChI=1S/C22H20N4/c1-3-19-17(10-12-21(23)25-19)18-7-4-6-15-9-11-20(26-22(15)18)16-8-5-13-24-14(16)2/h4-13H,3H2,1-2H3,(H2,23,25). The fraction of sp³-hybridized carbons (Fsp3) is 0.136. The third-order valence-corrected chi connectivity index (χ3v) is 4.62. The van der Waals surface area contributed by atoms with E-state index in [0.29, 0.717) is 5.82 Å². The van der Waals surface area contributed by atoms with E-state index >= 15 is 0 Å². The molecule has 0 bridgehead atoms. The summed E-state index contributed by atoms with van der Waals surface area (Å²) < 4.78 is 0. The van der Waals surface area contributed by atoms with Crippen LogP contribution in [0.25, 0.3) is 33.3 Å². The molecule has 2 N–H and O–H groups in total. The van der Waals surface area contributed by atoms with Crippen molar-refractivity contribution in [2.75, 3.05) is 5.73 Å². The second-order valence-corrected chi connectivity index (χ2v) is 6.29. The lowest BCUT2D eigenvalue weighted by Crippen LogP contribution is -1.98. The van der Waals surface area contributed by atoms with E-state index in [4.69, 9.17) is 10.7 Å². The Bertz CT molecular complexity index is 1100. The van der Waals surface area contributed by atoms with Crippen molar-refractivity contribution in [2.24, 2.45) is 0 Å². The molecule has 3 aromatic heterocycles. The number of rotatable bonds is 3.